The Kier molecular flexibility index (Phi) is 6.61. The summed E-state index contributed by atoms with van der Waals surface area (Å²) < 4.78 is 16.7. The van der Waals surface area contributed by atoms with Crippen molar-refractivity contribution in [2.24, 2.45) is 5.92 Å². The number of hydrogen-bond donors (Lipinski definition) is 1. The third-order valence-corrected chi connectivity index (χ3v) is 7.14. The zero-order valence-electron chi connectivity index (χ0n) is 18.8. The molecule has 1 N–H and O–H groups in total. The topological polar surface area (TPSA) is 73.9 Å². The molecule has 172 valence electrons. The molecule has 4 rings (SSSR count). The van der Waals surface area contributed by atoms with Gasteiger partial charge in [0.1, 0.15) is 5.92 Å². The van der Waals surface area contributed by atoms with Gasteiger partial charge in [0.2, 0.25) is 0 Å². The number of ketones is 1. The maximum absolute atomic E-state index is 13.6. The highest BCUT2D eigenvalue weighted by Gasteiger charge is 2.45. The van der Waals surface area contributed by atoms with E-state index in [1.54, 1.807) is 14.2 Å². The quantitative estimate of drug-likeness (QED) is 0.578. The number of carbonyl (C=O) groups excluding carboxylic acids is 2. The van der Waals surface area contributed by atoms with Crippen LogP contribution in [0.25, 0.3) is 0 Å². The molecule has 33 heavy (non-hydrogen) atoms. The van der Waals surface area contributed by atoms with E-state index in [1.807, 2.05) is 42.5 Å². The molecule has 1 heterocycles. The smallest absolute Gasteiger partial charge is 0.315 e. The molecule has 3 unspecified atom stereocenters. The molecule has 6 nitrogen and oxygen atoms in total. The van der Waals surface area contributed by atoms with E-state index >= 15 is 0 Å². The molecular formula is C26H26BrNO5. The number of carbonyl (C=O) groups is 2. The number of hydrogen-bond acceptors (Lipinski definition) is 6. The molecule has 2 aromatic carbocycles. The van der Waals surface area contributed by atoms with Crippen molar-refractivity contribution >= 4 is 27.7 Å². The van der Waals surface area contributed by atoms with E-state index in [2.05, 4.69) is 27.8 Å². The number of allylic oxidation sites excluding steroid dienone is 2. The lowest BCUT2D eigenvalue weighted by atomic mass is 9.69. The number of benzene rings is 2. The zero-order chi connectivity index (χ0) is 23.7. The Morgan fingerprint density at radius 3 is 2.45 bits per heavy atom. The molecule has 0 fully saturated rings. The summed E-state index contributed by atoms with van der Waals surface area (Å²) in [7, 11) is 4.54. The number of esters is 1. The lowest BCUT2D eigenvalue weighted by molar-refractivity contribution is -0.144. The van der Waals surface area contributed by atoms with Gasteiger partial charge in [-0.25, -0.2) is 0 Å². The van der Waals surface area contributed by atoms with Gasteiger partial charge in [0.25, 0.3) is 0 Å². The molecule has 1 aliphatic carbocycles. The van der Waals surface area contributed by atoms with Crippen molar-refractivity contribution in [3.05, 3.63) is 81.6 Å². The molecule has 2 aliphatic rings. The van der Waals surface area contributed by atoms with Gasteiger partial charge >= 0.3 is 5.97 Å². The first-order valence-corrected chi connectivity index (χ1v) is 11.4. The summed E-state index contributed by atoms with van der Waals surface area (Å²) in [6.07, 6.45) is 0.946. The number of Topliss-reactive ketones (excluding diaryl/α,β-unsaturated/α-hetero) is 1. The fourth-order valence-corrected chi connectivity index (χ4v) is 5.39. The van der Waals surface area contributed by atoms with Gasteiger partial charge in [-0.1, -0.05) is 46.8 Å². The summed E-state index contributed by atoms with van der Waals surface area (Å²) in [5.41, 5.74) is 3.81. The Morgan fingerprint density at radius 1 is 1.06 bits per heavy atom. The average Bonchev–Trinajstić information content (AvgIpc) is 2.82. The van der Waals surface area contributed by atoms with Gasteiger partial charge in [0.05, 0.1) is 21.3 Å². The minimum absolute atomic E-state index is 0.00527. The van der Waals surface area contributed by atoms with E-state index < -0.39 is 17.8 Å². The summed E-state index contributed by atoms with van der Waals surface area (Å²) in [4.78, 5) is 26.4. The van der Waals surface area contributed by atoms with Gasteiger partial charge in [-0.05, 0) is 41.7 Å². The predicted octanol–water partition coefficient (Wildman–Crippen LogP) is 4.86. The van der Waals surface area contributed by atoms with Crippen molar-refractivity contribution < 1.29 is 23.8 Å². The monoisotopic (exact) mass is 511 g/mol. The Bertz CT molecular complexity index is 1160. The fourth-order valence-electron chi connectivity index (χ4n) is 4.86. The van der Waals surface area contributed by atoms with Crippen molar-refractivity contribution in [2.45, 2.75) is 24.7 Å². The van der Waals surface area contributed by atoms with Crippen LogP contribution in [0.3, 0.4) is 0 Å². The van der Waals surface area contributed by atoms with Crippen LogP contribution in [0.1, 0.15) is 35.8 Å². The number of rotatable bonds is 5. The van der Waals surface area contributed by atoms with E-state index in [4.69, 9.17) is 14.2 Å². The molecule has 0 radical (unpaired) electrons. The first-order valence-electron chi connectivity index (χ1n) is 10.7. The van der Waals surface area contributed by atoms with Crippen LogP contribution in [0.4, 0.5) is 0 Å². The van der Waals surface area contributed by atoms with Crippen molar-refractivity contribution in [1.82, 2.24) is 5.32 Å². The zero-order valence-corrected chi connectivity index (χ0v) is 20.4. The average molecular weight is 512 g/mol. The highest BCUT2D eigenvalue weighted by atomic mass is 79.9. The Morgan fingerprint density at radius 2 is 1.79 bits per heavy atom. The summed E-state index contributed by atoms with van der Waals surface area (Å²) in [6, 6.07) is 13.4. The minimum atomic E-state index is -0.700. The van der Waals surface area contributed by atoms with Gasteiger partial charge in [-0.15, -0.1) is 0 Å². The lowest BCUT2D eigenvalue weighted by Gasteiger charge is -2.40. The van der Waals surface area contributed by atoms with Crippen LogP contribution in [-0.4, -0.2) is 33.1 Å². The maximum atomic E-state index is 13.6. The maximum Gasteiger partial charge on any atom is 0.315 e. The van der Waals surface area contributed by atoms with Gasteiger partial charge in [-0.3, -0.25) is 9.59 Å². The van der Waals surface area contributed by atoms with Crippen LogP contribution >= 0.6 is 15.9 Å². The Balaban J connectivity index is 1.79. The van der Waals surface area contributed by atoms with Gasteiger partial charge in [-0.2, -0.15) is 0 Å². The Hall–Kier alpha value is -3.06. The van der Waals surface area contributed by atoms with E-state index in [9.17, 15) is 9.59 Å². The number of nitrogens with one attached hydrogen (secondary N) is 1. The molecule has 1 aliphatic heterocycles. The van der Waals surface area contributed by atoms with Gasteiger partial charge < -0.3 is 19.5 Å². The van der Waals surface area contributed by atoms with Crippen molar-refractivity contribution in [2.75, 3.05) is 21.3 Å². The summed E-state index contributed by atoms with van der Waals surface area (Å²) in [6.45, 7) is 4.12. The molecule has 0 saturated heterocycles. The SMILES string of the molecule is C=C1NC2=C(C(=O)CC(c3ccc(OC)c(OC)c3)C2)C(c2ccccc2Br)C1C(=O)OC. The molecule has 0 saturated carbocycles. The Labute approximate surface area is 201 Å². The van der Waals surface area contributed by atoms with Crippen LogP contribution in [0.5, 0.6) is 11.5 Å². The molecule has 0 spiro atoms. The van der Waals surface area contributed by atoms with E-state index in [1.165, 1.54) is 7.11 Å². The highest BCUT2D eigenvalue weighted by molar-refractivity contribution is 9.10. The van der Waals surface area contributed by atoms with E-state index in [0.29, 0.717) is 35.6 Å². The molecular weight excluding hydrogens is 486 g/mol. The summed E-state index contributed by atoms with van der Waals surface area (Å²) >= 11 is 3.60. The third-order valence-electron chi connectivity index (χ3n) is 6.41. The molecule has 0 amide bonds. The largest absolute Gasteiger partial charge is 0.493 e. The number of halogens is 1. The first kappa shape index (κ1) is 23.1. The van der Waals surface area contributed by atoms with E-state index in [0.717, 1.165) is 21.3 Å². The minimum Gasteiger partial charge on any atom is -0.493 e. The lowest BCUT2D eigenvalue weighted by Crippen LogP contribution is -2.42. The molecule has 2 aromatic rings. The van der Waals surface area contributed by atoms with Crippen LogP contribution in [0.2, 0.25) is 0 Å². The van der Waals surface area contributed by atoms with Crippen molar-refractivity contribution in [1.29, 1.82) is 0 Å². The van der Waals surface area contributed by atoms with Crippen LogP contribution in [-0.2, 0) is 14.3 Å². The molecule has 0 bridgehead atoms. The van der Waals surface area contributed by atoms with Crippen LogP contribution in [0.15, 0.2) is 70.5 Å². The number of methoxy groups -OCH3 is 3. The second-order valence-corrected chi connectivity index (χ2v) is 9.04. The van der Waals surface area contributed by atoms with Crippen LogP contribution in [0, 0.1) is 5.92 Å². The van der Waals surface area contributed by atoms with Crippen molar-refractivity contribution in [3.63, 3.8) is 0 Å². The van der Waals surface area contributed by atoms with Gasteiger partial charge in [0.15, 0.2) is 17.3 Å². The highest BCUT2D eigenvalue weighted by Crippen LogP contribution is 2.49. The van der Waals surface area contributed by atoms with Crippen LogP contribution < -0.4 is 14.8 Å². The van der Waals surface area contributed by atoms with Crippen molar-refractivity contribution in [3.8, 4) is 11.5 Å². The first-order chi connectivity index (χ1) is 15.9. The number of ether oxygens (including phenoxy) is 3. The molecule has 0 aromatic heterocycles. The predicted molar refractivity (Wildman–Crippen MR) is 128 cm³/mol. The normalized spacial score (nSPS) is 22.4. The molecule has 3 atom stereocenters. The molecule has 7 heteroatoms. The summed E-state index contributed by atoms with van der Waals surface area (Å²) in [5.74, 6) is -0.363. The second kappa shape index (κ2) is 9.43. The third kappa shape index (κ3) is 4.17. The second-order valence-electron chi connectivity index (χ2n) is 8.19. The summed E-state index contributed by atoms with van der Waals surface area (Å²) in [5, 5.41) is 3.28. The van der Waals surface area contributed by atoms with Gasteiger partial charge in [0, 0.05) is 33.8 Å². The fraction of sp³-hybridized carbons (Fsp3) is 0.308. The standard InChI is InChI=1S/C26H26BrNO5/c1-14-23(26(30)33-4)24(17-7-5-6-8-18(17)27)25-19(28-14)11-16(12-20(25)29)15-9-10-21(31-2)22(13-15)32-3/h5-10,13,16,23-24,28H,1,11-12H2,2-4H3. The van der Waals surface area contributed by atoms with E-state index in [-0.39, 0.29) is 11.7 Å².